The van der Waals surface area contributed by atoms with Crippen LogP contribution in [0, 0.1) is 6.92 Å². The SMILES string of the molecule is CCCCc1nnc(NC(=O)c2cc(N)ccc2C)s1. The van der Waals surface area contributed by atoms with Crippen molar-refractivity contribution in [2.45, 2.75) is 33.1 Å². The van der Waals surface area contributed by atoms with E-state index in [0.29, 0.717) is 16.4 Å². The van der Waals surface area contributed by atoms with Gasteiger partial charge in [0.1, 0.15) is 5.01 Å². The van der Waals surface area contributed by atoms with Gasteiger partial charge in [-0.2, -0.15) is 0 Å². The van der Waals surface area contributed by atoms with Gasteiger partial charge in [0.05, 0.1) is 0 Å². The van der Waals surface area contributed by atoms with Crippen LogP contribution < -0.4 is 11.1 Å². The highest BCUT2D eigenvalue weighted by Crippen LogP contribution is 2.19. The molecule has 0 aliphatic heterocycles. The standard InChI is InChI=1S/C14H18N4OS/c1-3-4-5-12-17-18-14(20-12)16-13(19)11-8-10(15)7-6-9(11)2/h6-8H,3-5,15H2,1-2H3,(H,16,18,19). The molecule has 1 aromatic carbocycles. The molecule has 0 aliphatic rings. The van der Waals surface area contributed by atoms with E-state index in [2.05, 4.69) is 22.4 Å². The number of benzene rings is 1. The van der Waals surface area contributed by atoms with E-state index in [4.69, 9.17) is 5.73 Å². The zero-order valence-electron chi connectivity index (χ0n) is 11.6. The first-order valence-corrected chi connectivity index (χ1v) is 7.41. The second kappa shape index (κ2) is 6.47. The lowest BCUT2D eigenvalue weighted by atomic mass is 10.1. The number of carbonyl (C=O) groups is 1. The monoisotopic (exact) mass is 290 g/mol. The summed E-state index contributed by atoms with van der Waals surface area (Å²) in [6.07, 6.45) is 3.10. The molecule has 0 radical (unpaired) electrons. The number of hydrogen-bond acceptors (Lipinski definition) is 5. The lowest BCUT2D eigenvalue weighted by molar-refractivity contribution is 0.102. The minimum atomic E-state index is -0.201. The molecule has 0 unspecified atom stereocenters. The minimum absolute atomic E-state index is 0.201. The highest BCUT2D eigenvalue weighted by atomic mass is 32.1. The fourth-order valence-electron chi connectivity index (χ4n) is 1.78. The van der Waals surface area contributed by atoms with E-state index in [1.54, 1.807) is 12.1 Å². The van der Waals surface area contributed by atoms with E-state index in [1.165, 1.54) is 11.3 Å². The summed E-state index contributed by atoms with van der Waals surface area (Å²) in [5.41, 5.74) is 7.73. The van der Waals surface area contributed by atoms with Crippen molar-refractivity contribution < 1.29 is 4.79 Å². The second-order valence-corrected chi connectivity index (χ2v) is 5.70. The normalized spacial score (nSPS) is 10.5. The molecular formula is C14H18N4OS. The average molecular weight is 290 g/mol. The van der Waals surface area contributed by atoms with Gasteiger partial charge in [0, 0.05) is 17.7 Å². The number of nitrogens with one attached hydrogen (secondary N) is 1. The van der Waals surface area contributed by atoms with Crippen LogP contribution in [0.25, 0.3) is 0 Å². The van der Waals surface area contributed by atoms with E-state index in [9.17, 15) is 4.79 Å². The molecule has 2 aromatic rings. The molecule has 0 aliphatic carbocycles. The second-order valence-electron chi connectivity index (χ2n) is 4.63. The van der Waals surface area contributed by atoms with Crippen LogP contribution in [0.5, 0.6) is 0 Å². The summed E-state index contributed by atoms with van der Waals surface area (Å²) in [4.78, 5) is 12.2. The molecule has 2 rings (SSSR count). The van der Waals surface area contributed by atoms with Crippen molar-refractivity contribution in [2.75, 3.05) is 11.1 Å². The number of aryl methyl sites for hydroxylation is 2. The van der Waals surface area contributed by atoms with Crippen LogP contribution in [0.3, 0.4) is 0 Å². The van der Waals surface area contributed by atoms with Crippen LogP contribution >= 0.6 is 11.3 Å². The summed E-state index contributed by atoms with van der Waals surface area (Å²) in [6.45, 7) is 4.01. The number of carbonyl (C=O) groups excluding carboxylic acids is 1. The number of nitrogen functional groups attached to an aromatic ring is 1. The average Bonchev–Trinajstić information content (AvgIpc) is 2.86. The van der Waals surface area contributed by atoms with Crippen LogP contribution in [0.4, 0.5) is 10.8 Å². The number of nitrogens with zero attached hydrogens (tertiary/aromatic N) is 2. The van der Waals surface area contributed by atoms with Crippen LogP contribution in [0.1, 0.15) is 40.7 Å². The molecule has 3 N–H and O–H groups in total. The Morgan fingerprint density at radius 1 is 1.40 bits per heavy atom. The van der Waals surface area contributed by atoms with Gasteiger partial charge in [-0.25, -0.2) is 0 Å². The molecule has 1 heterocycles. The predicted octanol–water partition coefficient (Wildman–Crippen LogP) is 3.02. The predicted molar refractivity (Wildman–Crippen MR) is 82.1 cm³/mol. The number of hydrogen-bond donors (Lipinski definition) is 2. The number of rotatable bonds is 5. The molecule has 0 saturated carbocycles. The van der Waals surface area contributed by atoms with Crippen molar-refractivity contribution in [3.05, 3.63) is 34.3 Å². The van der Waals surface area contributed by atoms with Gasteiger partial charge in [-0.15, -0.1) is 10.2 Å². The lowest BCUT2D eigenvalue weighted by Gasteiger charge is -2.05. The van der Waals surface area contributed by atoms with Crippen LogP contribution in [-0.2, 0) is 6.42 Å². The summed E-state index contributed by atoms with van der Waals surface area (Å²) in [5.74, 6) is -0.201. The van der Waals surface area contributed by atoms with E-state index in [-0.39, 0.29) is 5.91 Å². The summed E-state index contributed by atoms with van der Waals surface area (Å²) in [7, 11) is 0. The molecule has 1 aromatic heterocycles. The smallest absolute Gasteiger partial charge is 0.257 e. The molecule has 0 fully saturated rings. The Morgan fingerprint density at radius 2 is 2.20 bits per heavy atom. The van der Waals surface area contributed by atoms with Gasteiger partial charge < -0.3 is 5.73 Å². The van der Waals surface area contributed by atoms with E-state index >= 15 is 0 Å². The number of anilines is 2. The van der Waals surface area contributed by atoms with Gasteiger partial charge in [-0.05, 0) is 31.0 Å². The molecule has 6 heteroatoms. The summed E-state index contributed by atoms with van der Waals surface area (Å²) >= 11 is 1.42. The third-order valence-corrected chi connectivity index (χ3v) is 3.84. The van der Waals surface area contributed by atoms with E-state index < -0.39 is 0 Å². The van der Waals surface area contributed by atoms with Crippen LogP contribution in [-0.4, -0.2) is 16.1 Å². The molecule has 0 spiro atoms. The Hall–Kier alpha value is -1.95. The van der Waals surface area contributed by atoms with Gasteiger partial charge in [0.2, 0.25) is 5.13 Å². The number of nitrogens with two attached hydrogens (primary N) is 1. The highest BCUT2D eigenvalue weighted by molar-refractivity contribution is 7.15. The lowest BCUT2D eigenvalue weighted by Crippen LogP contribution is -2.13. The summed E-state index contributed by atoms with van der Waals surface area (Å²) in [5, 5.41) is 12.3. The van der Waals surface area contributed by atoms with E-state index in [0.717, 1.165) is 29.8 Å². The minimum Gasteiger partial charge on any atom is -0.399 e. The van der Waals surface area contributed by atoms with Gasteiger partial charge in [-0.3, -0.25) is 10.1 Å². The van der Waals surface area contributed by atoms with Crippen molar-refractivity contribution in [3.63, 3.8) is 0 Å². The topological polar surface area (TPSA) is 80.9 Å². The maximum atomic E-state index is 12.2. The molecule has 20 heavy (non-hydrogen) atoms. The fourth-order valence-corrected chi connectivity index (χ4v) is 2.56. The third-order valence-electron chi connectivity index (χ3n) is 2.94. The number of amides is 1. The summed E-state index contributed by atoms with van der Waals surface area (Å²) < 4.78 is 0. The van der Waals surface area contributed by atoms with Crippen molar-refractivity contribution in [2.24, 2.45) is 0 Å². The Morgan fingerprint density at radius 3 is 2.95 bits per heavy atom. The van der Waals surface area contributed by atoms with Gasteiger partial charge in [-0.1, -0.05) is 30.7 Å². The third kappa shape index (κ3) is 3.54. The maximum Gasteiger partial charge on any atom is 0.257 e. The van der Waals surface area contributed by atoms with Crippen molar-refractivity contribution in [3.8, 4) is 0 Å². The Kier molecular flexibility index (Phi) is 4.68. The molecule has 106 valence electrons. The van der Waals surface area contributed by atoms with Gasteiger partial charge in [0.15, 0.2) is 0 Å². The first-order chi connectivity index (χ1) is 9.60. The maximum absolute atomic E-state index is 12.2. The fraction of sp³-hybridized carbons (Fsp3) is 0.357. The molecule has 5 nitrogen and oxygen atoms in total. The Balaban J connectivity index is 2.07. The van der Waals surface area contributed by atoms with Gasteiger partial charge in [0.25, 0.3) is 5.91 Å². The molecular weight excluding hydrogens is 272 g/mol. The Labute approximate surface area is 122 Å². The zero-order valence-corrected chi connectivity index (χ0v) is 12.5. The first-order valence-electron chi connectivity index (χ1n) is 6.60. The van der Waals surface area contributed by atoms with Crippen LogP contribution in [0.15, 0.2) is 18.2 Å². The molecule has 1 amide bonds. The van der Waals surface area contributed by atoms with Crippen LogP contribution in [0.2, 0.25) is 0 Å². The van der Waals surface area contributed by atoms with Crippen molar-refractivity contribution in [1.82, 2.24) is 10.2 Å². The quantitative estimate of drug-likeness (QED) is 0.829. The van der Waals surface area contributed by atoms with Crippen molar-refractivity contribution >= 4 is 28.1 Å². The van der Waals surface area contributed by atoms with Crippen molar-refractivity contribution in [1.29, 1.82) is 0 Å². The molecule has 0 saturated heterocycles. The largest absolute Gasteiger partial charge is 0.399 e. The number of aromatic nitrogens is 2. The molecule has 0 atom stereocenters. The summed E-state index contributed by atoms with van der Waals surface area (Å²) in [6, 6.07) is 5.28. The van der Waals surface area contributed by atoms with E-state index in [1.807, 2.05) is 13.0 Å². The zero-order chi connectivity index (χ0) is 14.5. The van der Waals surface area contributed by atoms with Gasteiger partial charge >= 0.3 is 0 Å². The number of unbranched alkanes of at least 4 members (excludes halogenated alkanes) is 1. The first kappa shape index (κ1) is 14.5. The Bertz CT molecular complexity index is 609. The molecule has 0 bridgehead atoms. The highest BCUT2D eigenvalue weighted by Gasteiger charge is 2.12.